The Morgan fingerprint density at radius 2 is 2.04 bits per heavy atom. The second kappa shape index (κ2) is 7.12. The van der Waals surface area contributed by atoms with Gasteiger partial charge in [0, 0.05) is 30.1 Å². The summed E-state index contributed by atoms with van der Waals surface area (Å²) in [7, 11) is 1.51. The van der Waals surface area contributed by atoms with Crippen LogP contribution in [0, 0.1) is 0 Å². The SMILES string of the molecule is COc1ccc(C(=O)N2CCC(c3nc4cc(Cl)ccc4o3)CC2)c(O)c1. The zero-order valence-electron chi connectivity index (χ0n) is 14.8. The van der Waals surface area contributed by atoms with Gasteiger partial charge >= 0.3 is 0 Å². The number of likely N-dealkylation sites (tertiary alicyclic amines) is 1. The molecule has 1 aliphatic heterocycles. The molecule has 3 aromatic rings. The van der Waals surface area contributed by atoms with Gasteiger partial charge in [-0.05, 0) is 43.2 Å². The Labute approximate surface area is 161 Å². The number of hydrogen-bond acceptors (Lipinski definition) is 5. The molecule has 0 radical (unpaired) electrons. The second-order valence-electron chi connectivity index (χ2n) is 6.61. The largest absolute Gasteiger partial charge is 0.507 e. The van der Waals surface area contributed by atoms with Gasteiger partial charge in [0.25, 0.3) is 5.91 Å². The van der Waals surface area contributed by atoms with Crippen molar-refractivity contribution in [3.05, 3.63) is 52.9 Å². The van der Waals surface area contributed by atoms with E-state index in [0.29, 0.717) is 29.8 Å². The highest BCUT2D eigenvalue weighted by Gasteiger charge is 2.28. The number of hydrogen-bond donors (Lipinski definition) is 1. The normalized spacial score (nSPS) is 15.3. The lowest BCUT2D eigenvalue weighted by Crippen LogP contribution is -2.38. The fourth-order valence-corrected chi connectivity index (χ4v) is 3.58. The van der Waals surface area contributed by atoms with Crippen molar-refractivity contribution in [3.8, 4) is 11.5 Å². The number of nitrogens with zero attached hydrogens (tertiary/aromatic N) is 2. The van der Waals surface area contributed by atoms with Gasteiger partial charge in [0.1, 0.15) is 17.0 Å². The Morgan fingerprint density at radius 3 is 2.74 bits per heavy atom. The molecule has 7 heteroatoms. The number of piperidine rings is 1. The maximum absolute atomic E-state index is 12.7. The first kappa shape index (κ1) is 17.7. The Hall–Kier alpha value is -2.73. The molecule has 6 nitrogen and oxygen atoms in total. The number of phenols is 1. The predicted octanol–water partition coefficient (Wildman–Crippen LogP) is 4.22. The zero-order valence-corrected chi connectivity index (χ0v) is 15.6. The van der Waals surface area contributed by atoms with Crippen LogP contribution >= 0.6 is 11.6 Å². The highest BCUT2D eigenvalue weighted by atomic mass is 35.5. The fourth-order valence-electron chi connectivity index (χ4n) is 3.41. The van der Waals surface area contributed by atoms with Crippen molar-refractivity contribution in [3.63, 3.8) is 0 Å². The lowest BCUT2D eigenvalue weighted by molar-refractivity contribution is 0.0703. The molecule has 0 bridgehead atoms. The van der Waals surface area contributed by atoms with Crippen LogP contribution in [0.25, 0.3) is 11.1 Å². The van der Waals surface area contributed by atoms with Crippen LogP contribution in [-0.2, 0) is 0 Å². The molecule has 1 saturated heterocycles. The predicted molar refractivity (Wildman–Crippen MR) is 102 cm³/mol. The van der Waals surface area contributed by atoms with E-state index < -0.39 is 0 Å². The van der Waals surface area contributed by atoms with Crippen molar-refractivity contribution in [1.82, 2.24) is 9.88 Å². The molecule has 0 saturated carbocycles. The molecule has 1 fully saturated rings. The molecule has 1 N–H and O–H groups in total. The van der Waals surface area contributed by atoms with E-state index in [2.05, 4.69) is 4.98 Å². The summed E-state index contributed by atoms with van der Waals surface area (Å²) < 4.78 is 10.9. The van der Waals surface area contributed by atoms with Gasteiger partial charge in [-0.25, -0.2) is 4.98 Å². The average Bonchev–Trinajstić information content (AvgIpc) is 3.10. The summed E-state index contributed by atoms with van der Waals surface area (Å²) >= 11 is 6.00. The molecule has 1 amide bonds. The number of phenolic OH excluding ortho intramolecular Hbond substituents is 1. The van der Waals surface area contributed by atoms with Crippen molar-refractivity contribution >= 4 is 28.6 Å². The number of benzene rings is 2. The third kappa shape index (κ3) is 3.45. The standard InChI is InChI=1S/C20H19ClN2O4/c1-26-14-3-4-15(17(24)11-14)20(25)23-8-6-12(7-9-23)19-22-16-10-13(21)2-5-18(16)27-19/h2-5,10-12,24H,6-9H2,1H3. The summed E-state index contributed by atoms with van der Waals surface area (Å²) in [6, 6.07) is 10.1. The number of methoxy groups -OCH3 is 1. The summed E-state index contributed by atoms with van der Waals surface area (Å²) in [6.45, 7) is 1.16. The fraction of sp³-hybridized carbons (Fsp3) is 0.300. The minimum absolute atomic E-state index is 0.0719. The van der Waals surface area contributed by atoms with E-state index in [9.17, 15) is 9.90 Å². The van der Waals surface area contributed by atoms with Crippen molar-refractivity contribution in [1.29, 1.82) is 0 Å². The first-order valence-corrected chi connectivity index (χ1v) is 9.15. The molecule has 27 heavy (non-hydrogen) atoms. The summed E-state index contributed by atoms with van der Waals surface area (Å²) in [4.78, 5) is 19.0. The second-order valence-corrected chi connectivity index (χ2v) is 7.05. The number of aromatic hydroxyl groups is 1. The molecule has 1 aliphatic rings. The van der Waals surface area contributed by atoms with Crippen LogP contribution in [0.15, 0.2) is 40.8 Å². The summed E-state index contributed by atoms with van der Waals surface area (Å²) in [6.07, 6.45) is 1.51. The highest BCUT2D eigenvalue weighted by molar-refractivity contribution is 6.31. The smallest absolute Gasteiger partial charge is 0.257 e. The summed E-state index contributed by atoms with van der Waals surface area (Å²) in [5.74, 6) is 1.10. The van der Waals surface area contributed by atoms with E-state index in [-0.39, 0.29) is 23.1 Å². The topological polar surface area (TPSA) is 75.8 Å². The van der Waals surface area contributed by atoms with Crippen LogP contribution in [-0.4, -0.2) is 41.1 Å². The molecule has 1 aromatic heterocycles. The molecule has 140 valence electrons. The van der Waals surface area contributed by atoms with Crippen molar-refractivity contribution in [2.45, 2.75) is 18.8 Å². The summed E-state index contributed by atoms with van der Waals surface area (Å²) in [5.41, 5.74) is 1.75. The number of oxazole rings is 1. The number of carbonyl (C=O) groups excluding carboxylic acids is 1. The van der Waals surface area contributed by atoms with Crippen LogP contribution in [0.3, 0.4) is 0 Å². The molecule has 0 aliphatic carbocycles. The van der Waals surface area contributed by atoms with Crippen molar-refractivity contribution in [2.24, 2.45) is 0 Å². The number of fused-ring (bicyclic) bond motifs is 1. The molecule has 2 aromatic carbocycles. The minimum Gasteiger partial charge on any atom is -0.507 e. The van der Waals surface area contributed by atoms with Crippen LogP contribution in [0.2, 0.25) is 5.02 Å². The first-order chi connectivity index (χ1) is 13.0. The monoisotopic (exact) mass is 386 g/mol. The number of rotatable bonds is 3. The highest BCUT2D eigenvalue weighted by Crippen LogP contribution is 2.32. The van der Waals surface area contributed by atoms with Crippen molar-refractivity contribution < 1.29 is 19.1 Å². The molecule has 0 spiro atoms. The average molecular weight is 387 g/mol. The van der Waals surface area contributed by atoms with Crippen LogP contribution in [0.5, 0.6) is 11.5 Å². The number of amides is 1. The summed E-state index contributed by atoms with van der Waals surface area (Å²) in [5, 5.41) is 10.7. The molecular weight excluding hydrogens is 368 g/mol. The van der Waals surface area contributed by atoms with E-state index in [1.165, 1.54) is 13.2 Å². The van der Waals surface area contributed by atoms with Gasteiger partial charge in [0.2, 0.25) is 0 Å². The van der Waals surface area contributed by atoms with E-state index >= 15 is 0 Å². The van der Waals surface area contributed by atoms with Gasteiger partial charge < -0.3 is 19.2 Å². The third-order valence-electron chi connectivity index (χ3n) is 4.93. The molecule has 0 atom stereocenters. The number of ether oxygens (including phenoxy) is 1. The lowest BCUT2D eigenvalue weighted by atomic mass is 9.96. The lowest BCUT2D eigenvalue weighted by Gasteiger charge is -2.30. The zero-order chi connectivity index (χ0) is 19.0. The maximum atomic E-state index is 12.7. The Morgan fingerprint density at radius 1 is 1.26 bits per heavy atom. The van der Waals surface area contributed by atoms with Gasteiger partial charge in [-0.1, -0.05) is 11.6 Å². The molecule has 0 unspecified atom stereocenters. The van der Waals surface area contributed by atoms with E-state index in [1.54, 1.807) is 29.2 Å². The van der Waals surface area contributed by atoms with Crippen LogP contribution in [0.4, 0.5) is 0 Å². The van der Waals surface area contributed by atoms with Crippen LogP contribution in [0.1, 0.15) is 35.0 Å². The minimum atomic E-state index is -0.182. The maximum Gasteiger partial charge on any atom is 0.257 e. The quantitative estimate of drug-likeness (QED) is 0.729. The molecular formula is C20H19ClN2O4. The molecule has 2 heterocycles. The van der Waals surface area contributed by atoms with Gasteiger partial charge in [0.15, 0.2) is 11.5 Å². The van der Waals surface area contributed by atoms with Crippen molar-refractivity contribution in [2.75, 3.05) is 20.2 Å². The van der Waals surface area contributed by atoms with Gasteiger partial charge in [0.05, 0.1) is 12.7 Å². The van der Waals surface area contributed by atoms with E-state index in [0.717, 1.165) is 23.9 Å². The van der Waals surface area contributed by atoms with Gasteiger partial charge in [-0.15, -0.1) is 0 Å². The Kier molecular flexibility index (Phi) is 4.66. The van der Waals surface area contributed by atoms with Crippen LogP contribution < -0.4 is 4.74 Å². The number of halogens is 1. The van der Waals surface area contributed by atoms with E-state index in [1.807, 2.05) is 6.07 Å². The number of aromatic nitrogens is 1. The third-order valence-corrected chi connectivity index (χ3v) is 5.17. The first-order valence-electron chi connectivity index (χ1n) is 8.77. The molecule has 4 rings (SSSR count). The van der Waals surface area contributed by atoms with E-state index in [4.69, 9.17) is 20.8 Å². The Bertz CT molecular complexity index is 993. The van der Waals surface area contributed by atoms with Gasteiger partial charge in [-0.3, -0.25) is 4.79 Å². The number of carbonyl (C=O) groups is 1. The van der Waals surface area contributed by atoms with Gasteiger partial charge in [-0.2, -0.15) is 0 Å². The Balaban J connectivity index is 1.45.